The number of nitrogens with zero attached hydrogens (tertiary/aromatic N) is 1. The van der Waals surface area contributed by atoms with Gasteiger partial charge in [-0.3, -0.25) is 9.69 Å². The first-order valence-corrected chi connectivity index (χ1v) is 9.03. The molecule has 5 heteroatoms. The lowest BCUT2D eigenvalue weighted by molar-refractivity contribution is -0.129. The number of carbonyl (C=O) groups is 2. The molecule has 0 aromatic heterocycles. The molecule has 0 unspecified atom stereocenters. The first kappa shape index (κ1) is 16.4. The third-order valence-corrected chi connectivity index (χ3v) is 6.39. The van der Waals surface area contributed by atoms with E-state index < -0.39 is 17.2 Å². The van der Waals surface area contributed by atoms with Gasteiger partial charge in [-0.05, 0) is 45.7 Å². The fourth-order valence-electron chi connectivity index (χ4n) is 5.31. The van der Waals surface area contributed by atoms with Crippen molar-refractivity contribution in [2.45, 2.75) is 63.6 Å². The van der Waals surface area contributed by atoms with Crippen molar-refractivity contribution in [3.05, 3.63) is 29.8 Å². The van der Waals surface area contributed by atoms with Gasteiger partial charge in [0.05, 0.1) is 6.04 Å². The van der Waals surface area contributed by atoms with E-state index in [0.717, 1.165) is 12.1 Å². The van der Waals surface area contributed by atoms with Crippen LogP contribution in [0.15, 0.2) is 24.3 Å². The number of fused-ring (bicyclic) bond motifs is 1. The van der Waals surface area contributed by atoms with Crippen molar-refractivity contribution in [2.75, 3.05) is 11.9 Å². The molecule has 2 aliphatic heterocycles. The number of ether oxygens (including phenoxy) is 1. The number of nitrogens with one attached hydrogen (secondary N) is 1. The summed E-state index contributed by atoms with van der Waals surface area (Å²) >= 11 is 0. The van der Waals surface area contributed by atoms with E-state index in [1.807, 2.05) is 46.8 Å². The number of rotatable bonds is 0. The highest BCUT2D eigenvalue weighted by Gasteiger charge is 2.73. The van der Waals surface area contributed by atoms with Crippen LogP contribution in [0, 0.1) is 5.92 Å². The molecule has 2 bridgehead atoms. The molecule has 0 spiro atoms. The molecule has 1 aromatic rings. The third kappa shape index (κ3) is 1.89. The third-order valence-electron chi connectivity index (χ3n) is 6.39. The fraction of sp³-hybridized carbons (Fsp3) is 0.600. The lowest BCUT2D eigenvalue weighted by Crippen LogP contribution is -2.66. The summed E-state index contributed by atoms with van der Waals surface area (Å²) in [5, 5.41) is 3.57. The first-order valence-electron chi connectivity index (χ1n) is 9.03. The van der Waals surface area contributed by atoms with Gasteiger partial charge in [0, 0.05) is 23.6 Å². The van der Waals surface area contributed by atoms with Crippen molar-refractivity contribution in [1.82, 2.24) is 4.90 Å². The molecule has 5 nitrogen and oxygen atoms in total. The van der Waals surface area contributed by atoms with Gasteiger partial charge in [-0.2, -0.15) is 0 Å². The number of anilines is 1. The van der Waals surface area contributed by atoms with Crippen LogP contribution in [0.2, 0.25) is 0 Å². The minimum Gasteiger partial charge on any atom is -0.444 e. The van der Waals surface area contributed by atoms with Crippen LogP contribution in [0.3, 0.4) is 0 Å². The number of amides is 1. The summed E-state index contributed by atoms with van der Waals surface area (Å²) < 4.78 is 5.61. The number of piperidine rings is 1. The van der Waals surface area contributed by atoms with Gasteiger partial charge in [-0.15, -0.1) is 0 Å². The van der Waals surface area contributed by atoms with Crippen molar-refractivity contribution in [3.8, 4) is 0 Å². The molecular formula is C20H26N2O3. The summed E-state index contributed by atoms with van der Waals surface area (Å²) in [5.74, 6) is -0.00560. The standard InChI is InChI=1S/C20H26N2O3/c1-12-15(23)19(5)16-20(12,13-8-6-7-9-14(13)21-16)10-11-22(19)17(24)25-18(2,3)4/h6-9,12,16,21H,10-11H2,1-5H3/t12-,16+,19-,20+/m1/s1. The average Bonchev–Trinajstić information content (AvgIpc) is 2.92. The lowest BCUT2D eigenvalue weighted by Gasteiger charge is -2.48. The molecule has 134 valence electrons. The highest BCUT2D eigenvalue weighted by Crippen LogP contribution is 2.61. The zero-order valence-electron chi connectivity index (χ0n) is 15.6. The van der Waals surface area contributed by atoms with Gasteiger partial charge in [0.1, 0.15) is 11.1 Å². The van der Waals surface area contributed by atoms with Gasteiger partial charge >= 0.3 is 6.09 Å². The Morgan fingerprint density at radius 3 is 2.68 bits per heavy atom. The van der Waals surface area contributed by atoms with Crippen molar-refractivity contribution in [3.63, 3.8) is 0 Å². The van der Waals surface area contributed by atoms with E-state index in [4.69, 9.17) is 4.74 Å². The summed E-state index contributed by atoms with van der Waals surface area (Å²) in [6, 6.07) is 8.12. The first-order chi connectivity index (χ1) is 11.6. The van der Waals surface area contributed by atoms with Gasteiger partial charge in [0.15, 0.2) is 5.78 Å². The van der Waals surface area contributed by atoms with E-state index >= 15 is 0 Å². The second kappa shape index (κ2) is 4.77. The molecule has 4 atom stereocenters. The molecule has 1 aliphatic carbocycles. The van der Waals surface area contributed by atoms with Gasteiger partial charge in [-0.1, -0.05) is 25.1 Å². The fourth-order valence-corrected chi connectivity index (χ4v) is 5.31. The van der Waals surface area contributed by atoms with Gasteiger partial charge in [-0.25, -0.2) is 4.79 Å². The van der Waals surface area contributed by atoms with E-state index in [1.54, 1.807) is 4.90 Å². The normalized spacial score (nSPS) is 35.9. The second-order valence-corrected chi connectivity index (χ2v) is 8.78. The molecule has 1 saturated carbocycles. The number of carbonyl (C=O) groups excluding carboxylic acids is 2. The number of benzene rings is 1. The molecular weight excluding hydrogens is 316 g/mol. The van der Waals surface area contributed by atoms with E-state index in [0.29, 0.717) is 6.54 Å². The molecule has 2 heterocycles. The molecule has 2 fully saturated rings. The van der Waals surface area contributed by atoms with Crippen LogP contribution < -0.4 is 5.32 Å². The van der Waals surface area contributed by atoms with E-state index in [1.165, 1.54) is 5.56 Å². The lowest BCUT2D eigenvalue weighted by atomic mass is 9.67. The summed E-state index contributed by atoms with van der Waals surface area (Å²) in [7, 11) is 0. The molecule has 1 amide bonds. The predicted octanol–water partition coefficient (Wildman–Crippen LogP) is 3.34. The minimum atomic E-state index is -0.890. The topological polar surface area (TPSA) is 58.6 Å². The number of Topliss-reactive ketones (excluding diaryl/α,β-unsaturated/α-hetero) is 1. The Balaban J connectivity index is 1.80. The van der Waals surface area contributed by atoms with Crippen molar-refractivity contribution in [1.29, 1.82) is 0 Å². The highest BCUT2D eigenvalue weighted by atomic mass is 16.6. The molecule has 1 saturated heterocycles. The van der Waals surface area contributed by atoms with Crippen molar-refractivity contribution in [2.24, 2.45) is 5.92 Å². The van der Waals surface area contributed by atoms with Crippen LogP contribution >= 0.6 is 0 Å². The molecule has 1 N–H and O–H groups in total. The summed E-state index contributed by atoms with van der Waals surface area (Å²) in [6.07, 6.45) is 0.368. The quantitative estimate of drug-likeness (QED) is 0.786. The maximum absolute atomic E-state index is 13.3. The zero-order chi connectivity index (χ0) is 18.2. The largest absolute Gasteiger partial charge is 0.444 e. The highest BCUT2D eigenvalue weighted by molar-refractivity contribution is 6.01. The van der Waals surface area contributed by atoms with Crippen molar-refractivity contribution < 1.29 is 14.3 Å². The van der Waals surface area contributed by atoms with E-state index in [9.17, 15) is 9.59 Å². The molecule has 0 radical (unpaired) electrons. The van der Waals surface area contributed by atoms with Crippen LogP contribution in [-0.2, 0) is 14.9 Å². The van der Waals surface area contributed by atoms with Gasteiger partial charge in [0.2, 0.25) is 0 Å². The maximum atomic E-state index is 13.3. The number of hydrogen-bond donors (Lipinski definition) is 1. The predicted molar refractivity (Wildman–Crippen MR) is 95.7 cm³/mol. The number of hydrogen-bond acceptors (Lipinski definition) is 4. The SMILES string of the molecule is C[C@@H]1C(=O)[C@]2(C)[C@@H]3Nc4ccccc4[C@]13CCN2C(=O)OC(C)(C)C. The van der Waals surface area contributed by atoms with Crippen LogP contribution in [0.25, 0.3) is 0 Å². The Hall–Kier alpha value is -2.04. The van der Waals surface area contributed by atoms with Gasteiger partial charge < -0.3 is 10.1 Å². The maximum Gasteiger partial charge on any atom is 0.411 e. The Morgan fingerprint density at radius 1 is 1.32 bits per heavy atom. The van der Waals surface area contributed by atoms with Crippen LogP contribution in [0.4, 0.5) is 10.5 Å². The zero-order valence-corrected chi connectivity index (χ0v) is 15.6. The van der Waals surface area contributed by atoms with Crippen molar-refractivity contribution >= 4 is 17.6 Å². The van der Waals surface area contributed by atoms with Crippen LogP contribution in [0.1, 0.15) is 46.6 Å². The van der Waals surface area contributed by atoms with Crippen LogP contribution in [0.5, 0.6) is 0 Å². The van der Waals surface area contributed by atoms with Gasteiger partial charge in [0.25, 0.3) is 0 Å². The molecule has 25 heavy (non-hydrogen) atoms. The summed E-state index contributed by atoms with van der Waals surface area (Å²) in [6.45, 7) is 10.0. The van der Waals surface area contributed by atoms with Crippen LogP contribution in [-0.4, -0.2) is 40.5 Å². The Morgan fingerprint density at radius 2 is 2.00 bits per heavy atom. The average molecular weight is 342 g/mol. The monoisotopic (exact) mass is 342 g/mol. The van der Waals surface area contributed by atoms with E-state index in [-0.39, 0.29) is 23.2 Å². The number of para-hydroxylation sites is 1. The smallest absolute Gasteiger partial charge is 0.411 e. The van der Waals surface area contributed by atoms with E-state index in [2.05, 4.69) is 17.4 Å². The number of ketones is 1. The Labute approximate surface area is 148 Å². The summed E-state index contributed by atoms with van der Waals surface area (Å²) in [5.41, 5.74) is 0.596. The second-order valence-electron chi connectivity index (χ2n) is 8.78. The number of likely N-dealkylation sites (tertiary alicyclic amines) is 1. The molecule has 4 rings (SSSR count). The molecule has 1 aromatic carbocycles. The minimum absolute atomic E-state index is 0.110. The molecule has 3 aliphatic rings. The Kier molecular flexibility index (Phi) is 3.14. The summed E-state index contributed by atoms with van der Waals surface area (Å²) in [4.78, 5) is 27.8. The Bertz CT molecular complexity index is 768.